The summed E-state index contributed by atoms with van der Waals surface area (Å²) in [7, 11) is -3.84. The normalized spacial score (nSPS) is 11.4. The maximum absolute atomic E-state index is 13.1. The number of ether oxygens (including phenoxy) is 1. The molecule has 0 aliphatic heterocycles. The Kier molecular flexibility index (Phi) is 5.86. The first kappa shape index (κ1) is 22.4. The number of sulfonamides is 1. The molecule has 0 saturated heterocycles. The number of hydrogen-bond donors (Lipinski definition) is 1. The zero-order chi connectivity index (χ0) is 23.8. The Morgan fingerprint density at radius 2 is 1.61 bits per heavy atom. The number of benzene rings is 2. The van der Waals surface area contributed by atoms with Crippen molar-refractivity contribution >= 4 is 15.7 Å². The van der Waals surface area contributed by atoms with Gasteiger partial charge in [-0.15, -0.1) is 0 Å². The molecule has 8 nitrogen and oxygen atoms in total. The molecule has 2 aromatic heterocycles. The number of nitrogens with one attached hydrogen (secondary N) is 1. The average Bonchev–Trinajstić information content (AvgIpc) is 3.02. The topological polar surface area (TPSA) is 99.0 Å². The Labute approximate surface area is 191 Å². The van der Waals surface area contributed by atoms with E-state index in [9.17, 15) is 12.8 Å². The van der Waals surface area contributed by atoms with Crippen LogP contribution in [0.3, 0.4) is 0 Å². The fourth-order valence-electron chi connectivity index (χ4n) is 3.17. The zero-order valence-electron chi connectivity index (χ0n) is 18.5. The standard InChI is InChI=1S/C23H22FN5O3S/c1-14-15(2)27-29(16(14)3)22-13-23(26-17(4)25-22)32-20-9-7-19(8-10-20)28-33(30,31)21-11-5-18(24)6-12-21/h5-13,28H,1-4H3. The van der Waals surface area contributed by atoms with Crippen molar-refractivity contribution in [1.29, 1.82) is 0 Å². The molecule has 0 saturated carbocycles. The van der Waals surface area contributed by atoms with Crippen molar-refractivity contribution < 1.29 is 17.5 Å². The highest BCUT2D eigenvalue weighted by atomic mass is 32.2. The molecule has 0 radical (unpaired) electrons. The molecule has 2 heterocycles. The zero-order valence-corrected chi connectivity index (χ0v) is 19.3. The fourth-order valence-corrected chi connectivity index (χ4v) is 4.23. The highest BCUT2D eigenvalue weighted by molar-refractivity contribution is 7.92. The van der Waals surface area contributed by atoms with E-state index in [-0.39, 0.29) is 4.90 Å². The number of aryl methyl sites for hydroxylation is 2. The van der Waals surface area contributed by atoms with Crippen LogP contribution in [0.1, 0.15) is 22.8 Å². The van der Waals surface area contributed by atoms with Crippen molar-refractivity contribution in [2.24, 2.45) is 0 Å². The summed E-state index contributed by atoms with van der Waals surface area (Å²) in [6.07, 6.45) is 0. The molecule has 0 spiro atoms. The van der Waals surface area contributed by atoms with Gasteiger partial charge in [-0.25, -0.2) is 22.5 Å². The van der Waals surface area contributed by atoms with Gasteiger partial charge < -0.3 is 4.74 Å². The van der Waals surface area contributed by atoms with E-state index in [0.717, 1.165) is 29.1 Å². The number of aromatic nitrogens is 4. The van der Waals surface area contributed by atoms with Gasteiger partial charge in [-0.3, -0.25) is 4.72 Å². The summed E-state index contributed by atoms with van der Waals surface area (Å²) in [6.45, 7) is 7.68. The Balaban J connectivity index is 1.53. The van der Waals surface area contributed by atoms with Crippen molar-refractivity contribution in [2.75, 3.05) is 4.72 Å². The SMILES string of the molecule is Cc1nc(Oc2ccc(NS(=O)(=O)c3ccc(F)cc3)cc2)cc(-n2nc(C)c(C)c2C)n1. The second kappa shape index (κ2) is 8.62. The van der Waals surface area contributed by atoms with Gasteiger partial charge in [0, 0.05) is 17.4 Å². The number of anilines is 1. The lowest BCUT2D eigenvalue weighted by Crippen LogP contribution is -2.12. The third-order valence-corrected chi connectivity index (χ3v) is 6.52. The summed E-state index contributed by atoms with van der Waals surface area (Å²) in [6, 6.07) is 12.7. The Bertz CT molecular complexity index is 1420. The van der Waals surface area contributed by atoms with E-state index in [1.807, 2.05) is 20.8 Å². The second-order valence-corrected chi connectivity index (χ2v) is 9.19. The van der Waals surface area contributed by atoms with Crippen LogP contribution in [0.4, 0.5) is 10.1 Å². The molecule has 0 amide bonds. The Morgan fingerprint density at radius 1 is 0.939 bits per heavy atom. The first-order chi connectivity index (χ1) is 15.6. The summed E-state index contributed by atoms with van der Waals surface area (Å²) in [4.78, 5) is 8.75. The van der Waals surface area contributed by atoms with E-state index in [4.69, 9.17) is 4.74 Å². The summed E-state index contributed by atoms with van der Waals surface area (Å²) >= 11 is 0. The van der Waals surface area contributed by atoms with Crippen LogP contribution in [0.25, 0.3) is 5.82 Å². The molecule has 33 heavy (non-hydrogen) atoms. The van der Waals surface area contributed by atoms with Crippen LogP contribution < -0.4 is 9.46 Å². The molecular formula is C23H22FN5O3S. The maximum Gasteiger partial charge on any atom is 0.261 e. The first-order valence-electron chi connectivity index (χ1n) is 10.1. The lowest BCUT2D eigenvalue weighted by Gasteiger charge is -2.11. The molecule has 0 bridgehead atoms. The quantitative estimate of drug-likeness (QED) is 0.444. The minimum atomic E-state index is -3.84. The van der Waals surface area contributed by atoms with Gasteiger partial charge in [0.1, 0.15) is 17.4 Å². The van der Waals surface area contributed by atoms with E-state index in [2.05, 4.69) is 19.8 Å². The molecule has 0 aliphatic rings. The Morgan fingerprint density at radius 3 is 2.21 bits per heavy atom. The lowest BCUT2D eigenvalue weighted by atomic mass is 10.2. The largest absolute Gasteiger partial charge is 0.439 e. The van der Waals surface area contributed by atoms with E-state index in [1.54, 1.807) is 41.9 Å². The first-order valence-corrected chi connectivity index (χ1v) is 11.6. The van der Waals surface area contributed by atoms with Crippen molar-refractivity contribution in [3.05, 3.63) is 83.2 Å². The van der Waals surface area contributed by atoms with Gasteiger partial charge in [-0.05, 0) is 81.8 Å². The average molecular weight is 468 g/mol. The van der Waals surface area contributed by atoms with E-state index < -0.39 is 15.8 Å². The summed E-state index contributed by atoms with van der Waals surface area (Å²) in [5, 5.41) is 4.53. The lowest BCUT2D eigenvalue weighted by molar-refractivity contribution is 0.459. The van der Waals surface area contributed by atoms with E-state index in [0.29, 0.717) is 29.0 Å². The molecule has 10 heteroatoms. The summed E-state index contributed by atoms with van der Waals surface area (Å²) in [5.41, 5.74) is 3.33. The Hall–Kier alpha value is -3.79. The van der Waals surface area contributed by atoms with Gasteiger partial charge in [0.2, 0.25) is 5.88 Å². The highest BCUT2D eigenvalue weighted by Gasteiger charge is 2.15. The van der Waals surface area contributed by atoms with Crippen LogP contribution in [-0.2, 0) is 10.0 Å². The van der Waals surface area contributed by atoms with Crippen molar-refractivity contribution in [3.63, 3.8) is 0 Å². The monoisotopic (exact) mass is 467 g/mol. The van der Waals surface area contributed by atoms with E-state index in [1.165, 1.54) is 12.1 Å². The van der Waals surface area contributed by atoms with Gasteiger partial charge in [0.05, 0.1) is 10.6 Å². The van der Waals surface area contributed by atoms with E-state index >= 15 is 0 Å². The van der Waals surface area contributed by atoms with Crippen LogP contribution in [0.15, 0.2) is 59.5 Å². The van der Waals surface area contributed by atoms with Crippen molar-refractivity contribution in [1.82, 2.24) is 19.7 Å². The molecular weight excluding hydrogens is 445 g/mol. The second-order valence-electron chi connectivity index (χ2n) is 7.51. The smallest absolute Gasteiger partial charge is 0.261 e. The molecule has 170 valence electrons. The van der Waals surface area contributed by atoms with Crippen LogP contribution in [-0.4, -0.2) is 28.2 Å². The predicted molar refractivity (Wildman–Crippen MR) is 122 cm³/mol. The number of halogens is 1. The van der Waals surface area contributed by atoms with Gasteiger partial charge in [-0.2, -0.15) is 10.1 Å². The number of nitrogens with zero attached hydrogens (tertiary/aromatic N) is 4. The molecule has 0 unspecified atom stereocenters. The van der Waals surface area contributed by atoms with Crippen molar-refractivity contribution in [3.8, 4) is 17.4 Å². The molecule has 4 aromatic rings. The molecule has 0 fully saturated rings. The minimum Gasteiger partial charge on any atom is -0.439 e. The summed E-state index contributed by atoms with van der Waals surface area (Å²) in [5.74, 6) is 1.41. The molecule has 0 atom stereocenters. The van der Waals surface area contributed by atoms with Gasteiger partial charge >= 0.3 is 0 Å². The van der Waals surface area contributed by atoms with Gasteiger partial charge in [-0.1, -0.05) is 0 Å². The van der Waals surface area contributed by atoms with Crippen LogP contribution in [0, 0.1) is 33.5 Å². The van der Waals surface area contributed by atoms with Crippen LogP contribution in [0.2, 0.25) is 0 Å². The van der Waals surface area contributed by atoms with Crippen LogP contribution in [0.5, 0.6) is 11.6 Å². The molecule has 4 rings (SSSR count). The molecule has 0 aliphatic carbocycles. The number of rotatable bonds is 6. The molecule has 2 aromatic carbocycles. The third kappa shape index (κ3) is 4.85. The fraction of sp³-hybridized carbons (Fsp3) is 0.174. The van der Waals surface area contributed by atoms with Crippen LogP contribution >= 0.6 is 0 Å². The van der Waals surface area contributed by atoms with Gasteiger partial charge in [0.15, 0.2) is 5.82 Å². The highest BCUT2D eigenvalue weighted by Crippen LogP contribution is 2.25. The number of hydrogen-bond acceptors (Lipinski definition) is 6. The van der Waals surface area contributed by atoms with Crippen molar-refractivity contribution in [2.45, 2.75) is 32.6 Å². The minimum absolute atomic E-state index is 0.0346. The summed E-state index contributed by atoms with van der Waals surface area (Å²) < 4.78 is 48.1. The molecule has 1 N–H and O–H groups in total. The maximum atomic E-state index is 13.1. The van der Waals surface area contributed by atoms with Gasteiger partial charge in [0.25, 0.3) is 10.0 Å². The predicted octanol–water partition coefficient (Wildman–Crippen LogP) is 4.63. The third-order valence-electron chi connectivity index (χ3n) is 5.12.